The molecule has 0 bridgehead atoms. The summed E-state index contributed by atoms with van der Waals surface area (Å²) in [7, 11) is 0. The summed E-state index contributed by atoms with van der Waals surface area (Å²) < 4.78 is 0. The molecule has 30 heavy (non-hydrogen) atoms. The highest BCUT2D eigenvalue weighted by atomic mass is 127. The number of non-ortho nitro benzene ring substituents is 1. The number of rotatable bonds is 8. The minimum Gasteiger partial charge on any atom is -0.353 e. The van der Waals surface area contributed by atoms with Crippen molar-refractivity contribution >= 4 is 41.5 Å². The van der Waals surface area contributed by atoms with Crippen molar-refractivity contribution in [3.63, 3.8) is 0 Å². The van der Waals surface area contributed by atoms with Crippen LogP contribution in [0.2, 0.25) is 0 Å². The van der Waals surface area contributed by atoms with Gasteiger partial charge in [-0.3, -0.25) is 19.8 Å². The van der Waals surface area contributed by atoms with E-state index in [0.29, 0.717) is 25.7 Å². The van der Waals surface area contributed by atoms with Crippen molar-refractivity contribution in [3.05, 3.63) is 52.6 Å². The zero-order valence-corrected chi connectivity index (χ0v) is 19.3. The Balaban J connectivity index is 0.00000320. The number of hydrogen-bond acceptors (Lipinski definition) is 5. The maximum atomic E-state index is 12.0. The van der Waals surface area contributed by atoms with E-state index < -0.39 is 4.92 Å². The molecule has 10 heteroatoms. The van der Waals surface area contributed by atoms with Gasteiger partial charge in [-0.15, -0.1) is 30.6 Å². The van der Waals surface area contributed by atoms with E-state index in [-0.39, 0.29) is 35.6 Å². The molecule has 0 radical (unpaired) electrons. The highest BCUT2D eigenvalue weighted by Crippen LogP contribution is 2.18. The quantitative estimate of drug-likeness (QED) is 0.133. The SMILES string of the molecule is C=CCNC(=NCc1ccc([N+](=O)[O-])cc1)N1CCN(CC(=O)NC2CC2)CC1.I. The van der Waals surface area contributed by atoms with Crippen LogP contribution >= 0.6 is 24.0 Å². The molecule has 1 aliphatic carbocycles. The van der Waals surface area contributed by atoms with E-state index in [1.54, 1.807) is 18.2 Å². The number of aliphatic imine (C=N–C) groups is 1. The first-order chi connectivity index (χ1) is 14.0. The van der Waals surface area contributed by atoms with Crippen LogP contribution in [0.15, 0.2) is 41.9 Å². The van der Waals surface area contributed by atoms with Gasteiger partial charge >= 0.3 is 0 Å². The average Bonchev–Trinajstić information content (AvgIpc) is 3.53. The molecule has 1 heterocycles. The fourth-order valence-electron chi connectivity index (χ4n) is 3.14. The third-order valence-corrected chi connectivity index (χ3v) is 4.94. The molecule has 0 unspecified atom stereocenters. The predicted molar refractivity (Wildman–Crippen MR) is 127 cm³/mol. The summed E-state index contributed by atoms with van der Waals surface area (Å²) in [4.78, 5) is 31.4. The number of nitrogens with one attached hydrogen (secondary N) is 2. The van der Waals surface area contributed by atoms with Gasteiger partial charge in [0.2, 0.25) is 5.91 Å². The first kappa shape index (κ1) is 24.1. The van der Waals surface area contributed by atoms with Crippen LogP contribution in [0.4, 0.5) is 5.69 Å². The molecule has 1 aromatic rings. The van der Waals surface area contributed by atoms with Crippen molar-refractivity contribution in [2.45, 2.75) is 25.4 Å². The van der Waals surface area contributed by atoms with Gasteiger partial charge in [0.05, 0.1) is 18.0 Å². The van der Waals surface area contributed by atoms with Crippen molar-refractivity contribution in [3.8, 4) is 0 Å². The lowest BCUT2D eigenvalue weighted by Crippen LogP contribution is -2.54. The van der Waals surface area contributed by atoms with E-state index in [1.807, 2.05) is 0 Å². The first-order valence-electron chi connectivity index (χ1n) is 9.94. The van der Waals surface area contributed by atoms with Gasteiger partial charge in [0.25, 0.3) is 5.69 Å². The Bertz CT molecular complexity index is 758. The van der Waals surface area contributed by atoms with Crippen molar-refractivity contribution in [2.24, 2.45) is 4.99 Å². The molecule has 2 N–H and O–H groups in total. The van der Waals surface area contributed by atoms with Crippen LogP contribution in [0, 0.1) is 10.1 Å². The molecule has 1 amide bonds. The number of hydrogen-bond donors (Lipinski definition) is 2. The number of halogens is 1. The highest BCUT2D eigenvalue weighted by Gasteiger charge is 2.25. The molecule has 9 nitrogen and oxygen atoms in total. The second-order valence-corrected chi connectivity index (χ2v) is 7.34. The van der Waals surface area contributed by atoms with E-state index in [9.17, 15) is 14.9 Å². The fourth-order valence-corrected chi connectivity index (χ4v) is 3.14. The van der Waals surface area contributed by atoms with E-state index in [1.165, 1.54) is 12.1 Å². The van der Waals surface area contributed by atoms with Crippen LogP contribution in [0.5, 0.6) is 0 Å². The molecule has 1 aliphatic heterocycles. The molecule has 1 saturated heterocycles. The highest BCUT2D eigenvalue weighted by molar-refractivity contribution is 14.0. The van der Waals surface area contributed by atoms with Crippen molar-refractivity contribution in [2.75, 3.05) is 39.3 Å². The van der Waals surface area contributed by atoms with Crippen LogP contribution < -0.4 is 10.6 Å². The molecule has 0 spiro atoms. The fraction of sp³-hybridized carbons (Fsp3) is 0.500. The second-order valence-electron chi connectivity index (χ2n) is 7.34. The summed E-state index contributed by atoms with van der Waals surface area (Å²) in [5.74, 6) is 0.892. The molecule has 3 rings (SSSR count). The Morgan fingerprint density at radius 2 is 1.90 bits per heavy atom. The molecule has 2 aliphatic rings. The largest absolute Gasteiger partial charge is 0.353 e. The summed E-state index contributed by atoms with van der Waals surface area (Å²) in [6, 6.07) is 6.83. The molecular formula is C20H29IN6O3. The molecule has 1 saturated carbocycles. The van der Waals surface area contributed by atoms with Crippen LogP contribution in [-0.4, -0.2) is 71.9 Å². The Hall–Kier alpha value is -2.21. The lowest BCUT2D eigenvalue weighted by atomic mass is 10.2. The number of amides is 1. The van der Waals surface area contributed by atoms with Crippen LogP contribution in [0.25, 0.3) is 0 Å². The molecule has 0 aromatic heterocycles. The smallest absolute Gasteiger partial charge is 0.269 e. The number of guanidine groups is 1. The zero-order valence-electron chi connectivity index (χ0n) is 17.0. The number of nitrogens with zero attached hydrogens (tertiary/aromatic N) is 4. The topological polar surface area (TPSA) is 103 Å². The first-order valence-corrected chi connectivity index (χ1v) is 9.94. The normalized spacial score (nSPS) is 17.1. The van der Waals surface area contributed by atoms with Crippen LogP contribution in [0.3, 0.4) is 0 Å². The molecule has 1 aromatic carbocycles. The number of carbonyl (C=O) groups excluding carboxylic acids is 1. The van der Waals surface area contributed by atoms with Gasteiger partial charge in [-0.25, -0.2) is 4.99 Å². The maximum Gasteiger partial charge on any atom is 0.269 e. The molecule has 0 atom stereocenters. The summed E-state index contributed by atoms with van der Waals surface area (Å²) in [5, 5.41) is 17.1. The number of piperazine rings is 1. The number of nitro benzene ring substituents is 1. The number of nitro groups is 1. The van der Waals surface area contributed by atoms with Gasteiger partial charge in [0, 0.05) is 50.9 Å². The monoisotopic (exact) mass is 528 g/mol. The van der Waals surface area contributed by atoms with Crippen molar-refractivity contribution in [1.29, 1.82) is 0 Å². The van der Waals surface area contributed by atoms with Gasteiger partial charge in [-0.1, -0.05) is 18.2 Å². The van der Waals surface area contributed by atoms with E-state index in [2.05, 4.69) is 32.0 Å². The lowest BCUT2D eigenvalue weighted by molar-refractivity contribution is -0.384. The molecule has 164 valence electrons. The minimum absolute atomic E-state index is 0. The maximum absolute atomic E-state index is 12.0. The van der Waals surface area contributed by atoms with Crippen molar-refractivity contribution < 1.29 is 9.72 Å². The van der Waals surface area contributed by atoms with Gasteiger partial charge < -0.3 is 15.5 Å². The van der Waals surface area contributed by atoms with Gasteiger partial charge in [0.15, 0.2) is 5.96 Å². The summed E-state index contributed by atoms with van der Waals surface area (Å²) >= 11 is 0. The predicted octanol–water partition coefficient (Wildman–Crippen LogP) is 1.74. The van der Waals surface area contributed by atoms with Crippen molar-refractivity contribution in [1.82, 2.24) is 20.4 Å². The average molecular weight is 528 g/mol. The molecular weight excluding hydrogens is 499 g/mol. The number of carbonyl (C=O) groups is 1. The van der Waals surface area contributed by atoms with Gasteiger partial charge in [-0.05, 0) is 18.4 Å². The standard InChI is InChI=1S/C20H28N6O3.HI/c1-2-9-21-20(22-14-16-3-7-18(8-4-16)26(28)29)25-12-10-24(11-13-25)15-19(27)23-17-5-6-17;/h2-4,7-8,17H,1,5-6,9-15H2,(H,21,22)(H,23,27);1H. The summed E-state index contributed by atoms with van der Waals surface area (Å²) in [5.41, 5.74) is 0.980. The Morgan fingerprint density at radius 3 is 2.47 bits per heavy atom. The Morgan fingerprint density at radius 1 is 1.23 bits per heavy atom. The zero-order chi connectivity index (χ0) is 20.6. The third kappa shape index (κ3) is 7.56. The second kappa shape index (κ2) is 11.8. The lowest BCUT2D eigenvalue weighted by Gasteiger charge is -2.36. The summed E-state index contributed by atoms with van der Waals surface area (Å²) in [6.45, 7) is 8.37. The Labute approximate surface area is 193 Å². The van der Waals surface area contributed by atoms with E-state index in [4.69, 9.17) is 0 Å². The van der Waals surface area contributed by atoms with Crippen LogP contribution in [-0.2, 0) is 11.3 Å². The minimum atomic E-state index is -0.408. The van der Waals surface area contributed by atoms with Gasteiger partial charge in [-0.2, -0.15) is 0 Å². The molecule has 2 fully saturated rings. The van der Waals surface area contributed by atoms with Crippen LogP contribution in [0.1, 0.15) is 18.4 Å². The Kier molecular flexibility index (Phi) is 9.50. The van der Waals surface area contributed by atoms with Gasteiger partial charge in [0.1, 0.15) is 0 Å². The number of benzene rings is 1. The van der Waals surface area contributed by atoms with E-state index >= 15 is 0 Å². The summed E-state index contributed by atoms with van der Waals surface area (Å²) in [6.07, 6.45) is 3.98. The van der Waals surface area contributed by atoms with E-state index in [0.717, 1.165) is 50.5 Å². The third-order valence-electron chi connectivity index (χ3n) is 4.94.